The lowest BCUT2D eigenvalue weighted by Crippen LogP contribution is -2.58. The third-order valence-corrected chi connectivity index (χ3v) is 2.99. The van der Waals surface area contributed by atoms with Gasteiger partial charge < -0.3 is 9.47 Å². The lowest BCUT2D eigenvalue weighted by molar-refractivity contribution is -0.517. The molecule has 0 aromatic heterocycles. The van der Waals surface area contributed by atoms with Gasteiger partial charge in [0.1, 0.15) is 12.7 Å². The van der Waals surface area contributed by atoms with Gasteiger partial charge in [-0.15, -0.1) is 0 Å². The molecular weight excluding hydrogens is 440 g/mol. The maximum absolute atomic E-state index is 13.5. The van der Waals surface area contributed by atoms with Gasteiger partial charge >= 0.3 is 42.4 Å². The van der Waals surface area contributed by atoms with Crippen LogP contribution in [-0.2, 0) is 18.9 Å². The molecule has 5 nitrogen and oxygen atoms in total. The Bertz CT molecular complexity index is 587. The Hall–Kier alpha value is -1.65. The first kappa shape index (κ1) is 24.4. The summed E-state index contributed by atoms with van der Waals surface area (Å²) >= 11 is 0. The first-order chi connectivity index (χ1) is 12.1. The van der Waals surface area contributed by atoms with Crippen LogP contribution in [0.25, 0.3) is 0 Å². The number of halogens is 12. The van der Waals surface area contributed by atoms with Crippen LogP contribution in [0.1, 0.15) is 13.3 Å². The predicted molar refractivity (Wildman–Crippen MR) is 58.4 cm³/mol. The minimum atomic E-state index is -6.75. The number of carbonyl (C=O) groups excluding carboxylic acids is 1. The van der Waals surface area contributed by atoms with Crippen LogP contribution in [0, 0.1) is 0 Å². The van der Waals surface area contributed by atoms with Crippen LogP contribution < -0.4 is 0 Å². The highest BCUT2D eigenvalue weighted by atomic mass is 19.4. The topological polar surface area (TPSA) is 54.0 Å². The van der Waals surface area contributed by atoms with Crippen molar-refractivity contribution >= 4 is 6.16 Å². The second kappa shape index (κ2) is 7.00. The van der Waals surface area contributed by atoms with Crippen molar-refractivity contribution in [2.24, 2.45) is 0 Å². The van der Waals surface area contributed by atoms with E-state index in [1.165, 1.54) is 0 Å². The van der Waals surface area contributed by atoms with E-state index in [0.29, 0.717) is 0 Å². The fraction of sp³-hybridized carbons (Fsp3) is 0.909. The average molecular weight is 448 g/mol. The molecule has 1 aliphatic rings. The zero-order valence-corrected chi connectivity index (χ0v) is 13.1. The van der Waals surface area contributed by atoms with Crippen LogP contribution in [0.4, 0.5) is 57.5 Å². The summed E-state index contributed by atoms with van der Waals surface area (Å²) in [4.78, 5) is 10.5. The quantitative estimate of drug-likeness (QED) is 0.401. The molecule has 0 aliphatic carbocycles. The Morgan fingerprint density at radius 1 is 0.857 bits per heavy atom. The van der Waals surface area contributed by atoms with Crippen LogP contribution in [0.5, 0.6) is 0 Å². The molecule has 2 atom stereocenters. The summed E-state index contributed by atoms with van der Waals surface area (Å²) in [5.41, 5.74) is 0. The largest absolute Gasteiger partial charge is 0.508 e. The highest BCUT2D eigenvalue weighted by Gasteiger charge is 2.72. The number of rotatable bonds is 8. The number of cyclic esters (lactones) is 2. The van der Waals surface area contributed by atoms with Crippen molar-refractivity contribution in [3.63, 3.8) is 0 Å². The van der Waals surface area contributed by atoms with Crippen LogP contribution in [-0.4, -0.2) is 55.1 Å². The summed E-state index contributed by atoms with van der Waals surface area (Å²) in [7, 11) is 0. The number of carbonyl (C=O) groups is 1. The molecule has 0 bridgehead atoms. The highest BCUT2D eigenvalue weighted by molar-refractivity contribution is 5.61. The van der Waals surface area contributed by atoms with Crippen molar-refractivity contribution in [2.75, 3.05) is 6.61 Å². The molecule has 1 aliphatic heterocycles. The van der Waals surface area contributed by atoms with E-state index in [1.54, 1.807) is 0 Å². The molecule has 2 unspecified atom stereocenters. The van der Waals surface area contributed by atoms with Gasteiger partial charge in [0, 0.05) is 6.92 Å². The summed E-state index contributed by atoms with van der Waals surface area (Å²) in [5, 5.41) is 0. The Morgan fingerprint density at radius 3 is 1.75 bits per heavy atom. The van der Waals surface area contributed by atoms with Crippen LogP contribution in [0.15, 0.2) is 0 Å². The van der Waals surface area contributed by atoms with E-state index < -0.39 is 68.5 Å². The zero-order valence-electron chi connectivity index (χ0n) is 13.1. The Morgan fingerprint density at radius 2 is 1.36 bits per heavy atom. The third kappa shape index (κ3) is 5.03. The van der Waals surface area contributed by atoms with Gasteiger partial charge in [-0.25, -0.2) is 13.9 Å². The van der Waals surface area contributed by atoms with E-state index >= 15 is 0 Å². The summed E-state index contributed by atoms with van der Waals surface area (Å²) in [6, 6.07) is 0. The minimum Gasteiger partial charge on any atom is -0.430 e. The summed E-state index contributed by atoms with van der Waals surface area (Å²) in [6.07, 6.45) is -32.0. The molecule has 0 N–H and O–H groups in total. The summed E-state index contributed by atoms with van der Waals surface area (Å²) in [6.45, 7) is -1.88. The SMILES string of the molecule is CC(F)(OC(F)(F)C(F)(F)F)C(F)(F)OC(F)(F)C(F)(F)CC1COC(=O)O1. The fourth-order valence-electron chi connectivity index (χ4n) is 1.56. The molecule has 1 fully saturated rings. The average Bonchev–Trinajstić information content (AvgIpc) is 2.79. The first-order valence-corrected chi connectivity index (χ1v) is 6.64. The van der Waals surface area contributed by atoms with Gasteiger partial charge in [-0.1, -0.05) is 0 Å². The Balaban J connectivity index is 2.98. The van der Waals surface area contributed by atoms with Crippen molar-refractivity contribution in [1.82, 2.24) is 0 Å². The van der Waals surface area contributed by atoms with E-state index in [0.717, 1.165) is 0 Å². The second-order valence-electron chi connectivity index (χ2n) is 5.38. The lowest BCUT2D eigenvalue weighted by Gasteiger charge is -2.36. The Labute approximate surface area is 146 Å². The predicted octanol–water partition coefficient (Wildman–Crippen LogP) is 4.61. The molecule has 166 valence electrons. The molecule has 1 saturated heterocycles. The van der Waals surface area contributed by atoms with E-state index in [1.807, 2.05) is 0 Å². The lowest BCUT2D eigenvalue weighted by atomic mass is 10.1. The van der Waals surface area contributed by atoms with Crippen LogP contribution in [0.2, 0.25) is 0 Å². The molecule has 1 heterocycles. The molecule has 28 heavy (non-hydrogen) atoms. The molecule has 0 aromatic carbocycles. The van der Waals surface area contributed by atoms with Gasteiger partial charge in [-0.2, -0.15) is 48.3 Å². The van der Waals surface area contributed by atoms with Crippen molar-refractivity contribution in [1.29, 1.82) is 0 Å². The third-order valence-electron chi connectivity index (χ3n) is 2.99. The number of ether oxygens (including phenoxy) is 4. The number of alkyl halides is 12. The van der Waals surface area contributed by atoms with Crippen molar-refractivity contribution < 1.29 is 76.4 Å². The maximum atomic E-state index is 13.5. The summed E-state index contributed by atoms with van der Waals surface area (Å²) in [5.74, 6) is -11.3. The standard InChI is InChI=1S/C11H8F12O5/c1-6(12,27-11(22,23)8(15,16)17)9(18,19)28-10(20,21)7(13,14)2-4-3-25-5(24)26-4/h4H,2-3H2,1H3. The van der Waals surface area contributed by atoms with E-state index in [9.17, 15) is 57.5 Å². The van der Waals surface area contributed by atoms with Crippen molar-refractivity contribution in [2.45, 2.75) is 55.7 Å². The number of hydrogen-bond donors (Lipinski definition) is 0. The monoisotopic (exact) mass is 448 g/mol. The van der Waals surface area contributed by atoms with Crippen molar-refractivity contribution in [3.05, 3.63) is 0 Å². The second-order valence-corrected chi connectivity index (χ2v) is 5.38. The molecule has 17 heteroatoms. The van der Waals surface area contributed by atoms with E-state index in [-0.39, 0.29) is 0 Å². The zero-order chi connectivity index (χ0) is 22.4. The van der Waals surface area contributed by atoms with Crippen molar-refractivity contribution in [3.8, 4) is 0 Å². The van der Waals surface area contributed by atoms with E-state index in [4.69, 9.17) is 0 Å². The fourth-order valence-corrected chi connectivity index (χ4v) is 1.56. The van der Waals surface area contributed by atoms with Gasteiger partial charge in [0.05, 0.1) is 6.42 Å². The first-order valence-electron chi connectivity index (χ1n) is 6.64. The maximum Gasteiger partial charge on any atom is 0.508 e. The van der Waals surface area contributed by atoms with Crippen LogP contribution >= 0.6 is 0 Å². The van der Waals surface area contributed by atoms with Gasteiger partial charge in [-0.3, -0.25) is 4.74 Å². The normalized spacial score (nSPS) is 21.9. The van der Waals surface area contributed by atoms with Gasteiger partial charge in [0.25, 0.3) is 0 Å². The smallest absolute Gasteiger partial charge is 0.430 e. The van der Waals surface area contributed by atoms with Gasteiger partial charge in [-0.05, 0) is 0 Å². The molecule has 0 spiro atoms. The molecule has 0 aromatic rings. The van der Waals surface area contributed by atoms with E-state index in [2.05, 4.69) is 18.9 Å². The molecule has 0 radical (unpaired) electrons. The highest BCUT2D eigenvalue weighted by Crippen LogP contribution is 2.49. The number of hydrogen-bond acceptors (Lipinski definition) is 5. The molecule has 0 amide bonds. The molecular formula is C11H8F12O5. The molecule has 0 saturated carbocycles. The summed E-state index contributed by atoms with van der Waals surface area (Å²) < 4.78 is 167. The van der Waals surface area contributed by atoms with Gasteiger partial charge in [0.15, 0.2) is 0 Å². The van der Waals surface area contributed by atoms with Gasteiger partial charge in [0.2, 0.25) is 0 Å². The minimum absolute atomic E-state index is 0.881. The van der Waals surface area contributed by atoms with Crippen LogP contribution in [0.3, 0.4) is 0 Å². The Kier molecular flexibility index (Phi) is 6.09. The molecule has 1 rings (SSSR count).